The Kier molecular flexibility index (Phi) is 8.23. The molecule has 1 aromatic heterocycles. The molecule has 1 aliphatic heterocycles. The number of nitrogens with one attached hydrogen (secondary N) is 4. The summed E-state index contributed by atoms with van der Waals surface area (Å²) in [5.41, 5.74) is 9.05. The van der Waals surface area contributed by atoms with Crippen molar-refractivity contribution in [1.29, 1.82) is 0 Å². The van der Waals surface area contributed by atoms with Gasteiger partial charge >= 0.3 is 0 Å². The SMILES string of the molecule is Cl.NC(=O)c1cnc(Nc2ccc(NC(=O)[C@@H]3CCCN3)cc2)cc1NCc1ccccc1. The number of nitrogens with zero attached hydrogens (tertiary/aromatic N) is 1. The molecule has 0 aliphatic carbocycles. The third-order valence-electron chi connectivity index (χ3n) is 5.30. The minimum absolute atomic E-state index is 0. The van der Waals surface area contributed by atoms with Gasteiger partial charge in [-0.05, 0) is 49.2 Å². The monoisotopic (exact) mass is 466 g/mol. The Bertz CT molecular complexity index is 1090. The predicted molar refractivity (Wildman–Crippen MR) is 133 cm³/mol. The summed E-state index contributed by atoms with van der Waals surface area (Å²) in [4.78, 5) is 28.3. The first-order valence-electron chi connectivity index (χ1n) is 10.6. The number of hydrogen-bond donors (Lipinski definition) is 5. The van der Waals surface area contributed by atoms with Crippen LogP contribution in [0.2, 0.25) is 0 Å². The number of carbonyl (C=O) groups is 2. The van der Waals surface area contributed by atoms with Gasteiger partial charge in [0.15, 0.2) is 0 Å². The molecule has 1 saturated heterocycles. The second-order valence-electron chi connectivity index (χ2n) is 7.66. The molecule has 2 aromatic carbocycles. The summed E-state index contributed by atoms with van der Waals surface area (Å²) in [7, 11) is 0. The van der Waals surface area contributed by atoms with Crippen LogP contribution in [-0.4, -0.2) is 29.4 Å². The molecule has 1 aliphatic rings. The molecule has 0 saturated carbocycles. The zero-order chi connectivity index (χ0) is 22.3. The number of nitrogens with two attached hydrogens (primary N) is 1. The molecule has 2 amide bonds. The summed E-state index contributed by atoms with van der Waals surface area (Å²) >= 11 is 0. The fourth-order valence-electron chi connectivity index (χ4n) is 3.58. The number of rotatable bonds is 8. The molecule has 0 spiro atoms. The molecule has 172 valence electrons. The fraction of sp³-hybridized carbons (Fsp3) is 0.208. The van der Waals surface area contributed by atoms with E-state index in [9.17, 15) is 9.59 Å². The number of pyridine rings is 1. The van der Waals surface area contributed by atoms with Gasteiger partial charge in [0.25, 0.3) is 5.91 Å². The Morgan fingerprint density at radius 1 is 1.06 bits per heavy atom. The van der Waals surface area contributed by atoms with Crippen LogP contribution >= 0.6 is 12.4 Å². The first kappa shape index (κ1) is 24.0. The highest BCUT2D eigenvalue weighted by atomic mass is 35.5. The van der Waals surface area contributed by atoms with E-state index in [0.29, 0.717) is 23.6 Å². The van der Waals surface area contributed by atoms with Crippen LogP contribution in [-0.2, 0) is 11.3 Å². The van der Waals surface area contributed by atoms with Crippen molar-refractivity contribution < 1.29 is 9.59 Å². The minimum atomic E-state index is -0.545. The van der Waals surface area contributed by atoms with E-state index in [1.54, 1.807) is 6.07 Å². The van der Waals surface area contributed by atoms with Gasteiger partial charge in [0.1, 0.15) is 5.82 Å². The second-order valence-corrected chi connectivity index (χ2v) is 7.66. The second kappa shape index (κ2) is 11.3. The van der Waals surface area contributed by atoms with Crippen molar-refractivity contribution in [3.63, 3.8) is 0 Å². The Labute approximate surface area is 198 Å². The van der Waals surface area contributed by atoms with Crippen LogP contribution in [0.1, 0.15) is 28.8 Å². The minimum Gasteiger partial charge on any atom is -0.380 e. The van der Waals surface area contributed by atoms with Crippen molar-refractivity contribution in [1.82, 2.24) is 10.3 Å². The number of hydrogen-bond acceptors (Lipinski definition) is 6. The molecule has 0 bridgehead atoms. The number of anilines is 4. The van der Waals surface area contributed by atoms with Gasteiger partial charge in [-0.25, -0.2) is 4.98 Å². The molecule has 8 nitrogen and oxygen atoms in total. The molecule has 3 aromatic rings. The van der Waals surface area contributed by atoms with Gasteiger partial charge in [-0.2, -0.15) is 0 Å². The number of halogens is 1. The maximum atomic E-state index is 12.2. The van der Waals surface area contributed by atoms with Crippen LogP contribution in [0.4, 0.5) is 22.9 Å². The van der Waals surface area contributed by atoms with E-state index in [0.717, 1.165) is 36.3 Å². The maximum absolute atomic E-state index is 12.2. The van der Waals surface area contributed by atoms with E-state index in [2.05, 4.69) is 26.3 Å². The highest BCUT2D eigenvalue weighted by Gasteiger charge is 2.21. The third kappa shape index (κ3) is 6.44. The van der Waals surface area contributed by atoms with E-state index < -0.39 is 5.91 Å². The molecule has 6 N–H and O–H groups in total. The van der Waals surface area contributed by atoms with Gasteiger partial charge in [-0.3, -0.25) is 9.59 Å². The van der Waals surface area contributed by atoms with Gasteiger partial charge in [-0.1, -0.05) is 30.3 Å². The lowest BCUT2D eigenvalue weighted by Gasteiger charge is -2.14. The molecule has 4 rings (SSSR count). The number of benzene rings is 2. The number of aromatic nitrogens is 1. The van der Waals surface area contributed by atoms with E-state index in [1.165, 1.54) is 6.20 Å². The first-order chi connectivity index (χ1) is 15.6. The predicted octanol–water partition coefficient (Wildman–Crippen LogP) is 3.65. The standard InChI is InChI=1S/C24H26N6O2.ClH/c25-23(31)19-15-28-22(13-21(19)27-14-16-5-2-1-3-6-16)29-17-8-10-18(11-9-17)30-24(32)20-7-4-12-26-20;/h1-3,5-6,8-11,13,15,20,26H,4,7,12,14H2,(H2,25,31)(H,30,32)(H2,27,28,29);1H/t20-;/m0./s1. The average molecular weight is 467 g/mol. The molecule has 0 radical (unpaired) electrons. The molecule has 1 atom stereocenters. The molecule has 2 heterocycles. The number of amides is 2. The van der Waals surface area contributed by atoms with Crippen LogP contribution in [0, 0.1) is 0 Å². The van der Waals surface area contributed by atoms with Gasteiger partial charge in [-0.15, -0.1) is 12.4 Å². The van der Waals surface area contributed by atoms with Crippen LogP contribution in [0.15, 0.2) is 66.9 Å². The molecular formula is C24H27ClN6O2. The maximum Gasteiger partial charge on any atom is 0.252 e. The van der Waals surface area contributed by atoms with E-state index >= 15 is 0 Å². The lowest BCUT2D eigenvalue weighted by atomic mass is 10.2. The van der Waals surface area contributed by atoms with Crippen molar-refractivity contribution in [2.75, 3.05) is 22.5 Å². The summed E-state index contributed by atoms with van der Waals surface area (Å²) in [5.74, 6) is 0.00927. The summed E-state index contributed by atoms with van der Waals surface area (Å²) in [6, 6.07) is 18.9. The van der Waals surface area contributed by atoms with Crippen molar-refractivity contribution in [2.45, 2.75) is 25.4 Å². The van der Waals surface area contributed by atoms with Crippen molar-refractivity contribution in [3.8, 4) is 0 Å². The zero-order valence-corrected chi connectivity index (χ0v) is 18.8. The molecule has 1 fully saturated rings. The molecule has 9 heteroatoms. The van der Waals surface area contributed by atoms with E-state index in [-0.39, 0.29) is 24.4 Å². The molecule has 33 heavy (non-hydrogen) atoms. The largest absolute Gasteiger partial charge is 0.380 e. The quantitative estimate of drug-likeness (QED) is 0.345. The van der Waals surface area contributed by atoms with Crippen LogP contribution < -0.4 is 27.0 Å². The van der Waals surface area contributed by atoms with Crippen LogP contribution in [0.25, 0.3) is 0 Å². The summed E-state index contributed by atoms with van der Waals surface area (Å²) in [6.07, 6.45) is 3.34. The lowest BCUT2D eigenvalue weighted by molar-refractivity contribution is -0.117. The third-order valence-corrected chi connectivity index (χ3v) is 5.30. The lowest BCUT2D eigenvalue weighted by Crippen LogP contribution is -2.35. The first-order valence-corrected chi connectivity index (χ1v) is 10.6. The topological polar surface area (TPSA) is 121 Å². The van der Waals surface area contributed by atoms with Gasteiger partial charge in [0.05, 0.1) is 17.3 Å². The zero-order valence-electron chi connectivity index (χ0n) is 18.0. The van der Waals surface area contributed by atoms with Crippen LogP contribution in [0.5, 0.6) is 0 Å². The summed E-state index contributed by atoms with van der Waals surface area (Å²) in [6.45, 7) is 1.43. The highest BCUT2D eigenvalue weighted by Crippen LogP contribution is 2.23. The summed E-state index contributed by atoms with van der Waals surface area (Å²) in [5, 5.41) is 12.6. The summed E-state index contributed by atoms with van der Waals surface area (Å²) < 4.78 is 0. The fourth-order valence-corrected chi connectivity index (χ4v) is 3.58. The number of carbonyl (C=O) groups excluding carboxylic acids is 2. The Hall–Kier alpha value is -3.62. The van der Waals surface area contributed by atoms with E-state index in [1.807, 2.05) is 54.6 Å². The average Bonchev–Trinajstić information content (AvgIpc) is 3.35. The molecule has 0 unspecified atom stereocenters. The Morgan fingerprint density at radius 2 is 1.79 bits per heavy atom. The van der Waals surface area contributed by atoms with E-state index in [4.69, 9.17) is 5.73 Å². The Morgan fingerprint density at radius 3 is 2.45 bits per heavy atom. The van der Waals surface area contributed by atoms with Gasteiger partial charge in [0.2, 0.25) is 5.91 Å². The molecular weight excluding hydrogens is 440 g/mol. The highest BCUT2D eigenvalue weighted by molar-refractivity contribution is 5.98. The smallest absolute Gasteiger partial charge is 0.252 e. The van der Waals surface area contributed by atoms with Crippen molar-refractivity contribution >= 4 is 47.1 Å². The van der Waals surface area contributed by atoms with Gasteiger partial charge < -0.3 is 27.0 Å². The normalized spacial score (nSPS) is 14.7. The Balaban J connectivity index is 0.00000306. The van der Waals surface area contributed by atoms with Crippen molar-refractivity contribution in [2.24, 2.45) is 5.73 Å². The van der Waals surface area contributed by atoms with Crippen molar-refractivity contribution in [3.05, 3.63) is 78.0 Å². The number of primary amides is 1. The van der Waals surface area contributed by atoms with Gasteiger partial charge in [0, 0.05) is 30.2 Å². The van der Waals surface area contributed by atoms with Crippen LogP contribution in [0.3, 0.4) is 0 Å².